The van der Waals surface area contributed by atoms with Crippen molar-refractivity contribution in [3.05, 3.63) is 16.4 Å². The largest absolute Gasteiger partial charge is 0.317 e. The Bertz CT molecular complexity index is 374. The Balaban J connectivity index is 2.57. The molecule has 0 aliphatic heterocycles. The van der Waals surface area contributed by atoms with Crippen LogP contribution in [0.2, 0.25) is 5.02 Å². The lowest BCUT2D eigenvalue weighted by atomic mass is 10.0. The minimum absolute atomic E-state index is 0.633. The Morgan fingerprint density at radius 3 is 2.58 bits per heavy atom. The first-order valence-electron chi connectivity index (χ1n) is 7.58. The standard InChI is InChI=1S/C15H28ClN3/c1-5-9-17-10-8-12(4)11-14-15(16)13(6-2)18-19(14)7-3/h12,17H,5-11H2,1-4H3. The topological polar surface area (TPSA) is 29.9 Å². The minimum Gasteiger partial charge on any atom is -0.317 e. The third-order valence-corrected chi connectivity index (χ3v) is 3.91. The number of nitrogens with zero attached hydrogens (tertiary/aromatic N) is 2. The number of hydrogen-bond acceptors (Lipinski definition) is 2. The van der Waals surface area contributed by atoms with Gasteiger partial charge in [-0.25, -0.2) is 0 Å². The molecule has 0 aromatic carbocycles. The predicted molar refractivity (Wildman–Crippen MR) is 82.9 cm³/mol. The van der Waals surface area contributed by atoms with Gasteiger partial charge in [0.25, 0.3) is 0 Å². The SMILES string of the molecule is CCCNCCC(C)Cc1c(Cl)c(CC)nn1CC. The summed E-state index contributed by atoms with van der Waals surface area (Å²) in [6, 6.07) is 0. The first-order chi connectivity index (χ1) is 9.13. The maximum Gasteiger partial charge on any atom is 0.0849 e. The van der Waals surface area contributed by atoms with Crippen molar-refractivity contribution in [1.29, 1.82) is 0 Å². The van der Waals surface area contributed by atoms with Gasteiger partial charge >= 0.3 is 0 Å². The third kappa shape index (κ3) is 4.81. The van der Waals surface area contributed by atoms with Crippen LogP contribution in [0.4, 0.5) is 0 Å². The highest BCUT2D eigenvalue weighted by Crippen LogP contribution is 2.24. The van der Waals surface area contributed by atoms with Gasteiger partial charge in [-0.2, -0.15) is 5.10 Å². The van der Waals surface area contributed by atoms with Gasteiger partial charge in [-0.1, -0.05) is 32.4 Å². The van der Waals surface area contributed by atoms with Crippen LogP contribution in [-0.2, 0) is 19.4 Å². The molecule has 1 aromatic rings. The fraction of sp³-hybridized carbons (Fsp3) is 0.800. The molecular formula is C15H28ClN3. The van der Waals surface area contributed by atoms with Gasteiger partial charge in [0, 0.05) is 6.54 Å². The van der Waals surface area contributed by atoms with Crippen molar-refractivity contribution in [2.45, 2.75) is 59.9 Å². The summed E-state index contributed by atoms with van der Waals surface area (Å²) >= 11 is 6.44. The van der Waals surface area contributed by atoms with Gasteiger partial charge in [0.05, 0.1) is 16.4 Å². The van der Waals surface area contributed by atoms with Gasteiger partial charge in [-0.15, -0.1) is 0 Å². The van der Waals surface area contributed by atoms with Crippen molar-refractivity contribution >= 4 is 11.6 Å². The Labute approximate surface area is 122 Å². The van der Waals surface area contributed by atoms with Crippen LogP contribution in [0.25, 0.3) is 0 Å². The Hall–Kier alpha value is -0.540. The van der Waals surface area contributed by atoms with Crippen molar-refractivity contribution in [2.24, 2.45) is 5.92 Å². The molecule has 1 rings (SSSR count). The second kappa shape index (κ2) is 8.60. The first-order valence-corrected chi connectivity index (χ1v) is 7.96. The summed E-state index contributed by atoms with van der Waals surface area (Å²) in [7, 11) is 0. The number of aromatic nitrogens is 2. The highest BCUT2D eigenvalue weighted by Gasteiger charge is 2.16. The molecule has 110 valence electrons. The molecule has 1 heterocycles. The molecular weight excluding hydrogens is 258 g/mol. The monoisotopic (exact) mass is 285 g/mol. The van der Waals surface area contributed by atoms with Crippen LogP contribution >= 0.6 is 11.6 Å². The molecule has 0 saturated carbocycles. The number of rotatable bonds is 9. The van der Waals surface area contributed by atoms with Crippen molar-refractivity contribution in [3.8, 4) is 0 Å². The van der Waals surface area contributed by atoms with E-state index in [0.717, 1.165) is 43.2 Å². The van der Waals surface area contributed by atoms with Crippen molar-refractivity contribution < 1.29 is 0 Å². The number of aryl methyl sites for hydroxylation is 2. The molecule has 0 aliphatic rings. The van der Waals surface area contributed by atoms with E-state index in [1.165, 1.54) is 18.5 Å². The van der Waals surface area contributed by atoms with E-state index in [1.54, 1.807) is 0 Å². The molecule has 1 aromatic heterocycles. The lowest BCUT2D eigenvalue weighted by Crippen LogP contribution is -2.19. The van der Waals surface area contributed by atoms with Crippen LogP contribution in [0, 0.1) is 5.92 Å². The van der Waals surface area contributed by atoms with E-state index in [2.05, 4.69) is 42.8 Å². The second-order valence-corrected chi connectivity index (χ2v) is 5.60. The molecule has 1 atom stereocenters. The highest BCUT2D eigenvalue weighted by atomic mass is 35.5. The van der Waals surface area contributed by atoms with E-state index in [0.29, 0.717) is 5.92 Å². The molecule has 0 fully saturated rings. The molecule has 1 unspecified atom stereocenters. The summed E-state index contributed by atoms with van der Waals surface area (Å²) in [5, 5.41) is 8.92. The molecule has 0 spiro atoms. The zero-order valence-corrected chi connectivity index (χ0v) is 13.6. The van der Waals surface area contributed by atoms with Gasteiger partial charge in [0.15, 0.2) is 0 Å². The molecule has 0 saturated heterocycles. The normalized spacial score (nSPS) is 12.9. The summed E-state index contributed by atoms with van der Waals surface area (Å²) in [6.45, 7) is 11.8. The lowest BCUT2D eigenvalue weighted by Gasteiger charge is -2.13. The zero-order chi connectivity index (χ0) is 14.3. The quantitative estimate of drug-likeness (QED) is 0.701. The molecule has 4 heteroatoms. The van der Waals surface area contributed by atoms with Crippen LogP contribution < -0.4 is 5.32 Å². The van der Waals surface area contributed by atoms with E-state index < -0.39 is 0 Å². The molecule has 0 radical (unpaired) electrons. The van der Waals surface area contributed by atoms with E-state index in [-0.39, 0.29) is 0 Å². The average Bonchev–Trinajstić information content (AvgIpc) is 2.71. The van der Waals surface area contributed by atoms with Crippen molar-refractivity contribution in [1.82, 2.24) is 15.1 Å². The fourth-order valence-electron chi connectivity index (χ4n) is 2.29. The van der Waals surface area contributed by atoms with Crippen LogP contribution in [0.1, 0.15) is 51.9 Å². The zero-order valence-electron chi connectivity index (χ0n) is 12.8. The second-order valence-electron chi connectivity index (χ2n) is 5.22. The molecule has 1 N–H and O–H groups in total. The fourth-order valence-corrected chi connectivity index (χ4v) is 2.64. The molecule has 0 aliphatic carbocycles. The molecule has 3 nitrogen and oxygen atoms in total. The van der Waals surface area contributed by atoms with E-state index >= 15 is 0 Å². The number of hydrogen-bond donors (Lipinski definition) is 1. The van der Waals surface area contributed by atoms with Crippen LogP contribution in [0.15, 0.2) is 0 Å². The lowest BCUT2D eigenvalue weighted by molar-refractivity contribution is 0.477. The Morgan fingerprint density at radius 1 is 1.26 bits per heavy atom. The summed E-state index contributed by atoms with van der Waals surface area (Å²) in [4.78, 5) is 0. The molecule has 19 heavy (non-hydrogen) atoms. The van der Waals surface area contributed by atoms with Gasteiger partial charge in [-0.05, 0) is 51.6 Å². The van der Waals surface area contributed by atoms with Gasteiger partial charge < -0.3 is 5.32 Å². The predicted octanol–water partition coefficient (Wildman–Crippen LogP) is 3.69. The minimum atomic E-state index is 0.633. The third-order valence-electron chi connectivity index (χ3n) is 3.48. The van der Waals surface area contributed by atoms with Crippen LogP contribution in [0.3, 0.4) is 0 Å². The summed E-state index contributed by atoms with van der Waals surface area (Å²) in [5.41, 5.74) is 2.25. The van der Waals surface area contributed by atoms with Crippen LogP contribution in [0.5, 0.6) is 0 Å². The molecule has 0 bridgehead atoms. The van der Waals surface area contributed by atoms with Crippen molar-refractivity contribution in [2.75, 3.05) is 13.1 Å². The van der Waals surface area contributed by atoms with Crippen molar-refractivity contribution in [3.63, 3.8) is 0 Å². The smallest absolute Gasteiger partial charge is 0.0849 e. The molecule has 0 amide bonds. The Morgan fingerprint density at radius 2 is 2.00 bits per heavy atom. The van der Waals surface area contributed by atoms with E-state index in [1.807, 2.05) is 0 Å². The summed E-state index contributed by atoms with van der Waals surface area (Å²) in [5.74, 6) is 0.633. The number of nitrogens with one attached hydrogen (secondary N) is 1. The highest BCUT2D eigenvalue weighted by molar-refractivity contribution is 6.31. The van der Waals surface area contributed by atoms with Gasteiger partial charge in [0.1, 0.15) is 0 Å². The summed E-state index contributed by atoms with van der Waals surface area (Å²) in [6.07, 6.45) is 4.31. The first kappa shape index (κ1) is 16.5. The maximum absolute atomic E-state index is 6.44. The maximum atomic E-state index is 6.44. The van der Waals surface area contributed by atoms with Gasteiger partial charge in [-0.3, -0.25) is 4.68 Å². The van der Waals surface area contributed by atoms with E-state index in [9.17, 15) is 0 Å². The average molecular weight is 286 g/mol. The van der Waals surface area contributed by atoms with Crippen LogP contribution in [-0.4, -0.2) is 22.9 Å². The van der Waals surface area contributed by atoms with Gasteiger partial charge in [0.2, 0.25) is 0 Å². The van der Waals surface area contributed by atoms with E-state index in [4.69, 9.17) is 11.6 Å². The number of halogens is 1. The summed E-state index contributed by atoms with van der Waals surface area (Å²) < 4.78 is 2.07. The Kier molecular flexibility index (Phi) is 7.47.